The van der Waals surface area contributed by atoms with Gasteiger partial charge in [-0.25, -0.2) is 0 Å². The molecule has 2 heterocycles. The number of pyridine rings is 1. The first-order valence-corrected chi connectivity index (χ1v) is 12.0. The summed E-state index contributed by atoms with van der Waals surface area (Å²) in [4.78, 5) is 27.3. The summed E-state index contributed by atoms with van der Waals surface area (Å²) in [6, 6.07) is 16.1. The van der Waals surface area contributed by atoms with Gasteiger partial charge in [-0.1, -0.05) is 63.4 Å². The Bertz CT molecular complexity index is 1390. The second-order valence-corrected chi connectivity index (χ2v) is 9.58. The van der Waals surface area contributed by atoms with Gasteiger partial charge in [-0.2, -0.15) is 0 Å². The van der Waals surface area contributed by atoms with Gasteiger partial charge in [-0.15, -0.1) is 0 Å². The van der Waals surface area contributed by atoms with E-state index in [1.54, 1.807) is 0 Å². The number of carbonyl (C=O) groups excluding carboxylic acids is 1. The van der Waals surface area contributed by atoms with Crippen LogP contribution in [0, 0.1) is 0 Å². The quantitative estimate of drug-likeness (QED) is 0.400. The molecule has 0 aliphatic heterocycles. The molecule has 170 valence electrons. The Morgan fingerprint density at radius 3 is 2.39 bits per heavy atom. The van der Waals surface area contributed by atoms with Crippen molar-refractivity contribution in [3.63, 3.8) is 0 Å². The van der Waals surface area contributed by atoms with Crippen molar-refractivity contribution in [2.24, 2.45) is 7.05 Å². The summed E-state index contributed by atoms with van der Waals surface area (Å²) in [5.74, 6) is 0.252. The van der Waals surface area contributed by atoms with Gasteiger partial charge in [0.15, 0.2) is 0 Å². The Morgan fingerprint density at radius 1 is 1.00 bits per heavy atom. The minimum atomic E-state index is -0.182. The summed E-state index contributed by atoms with van der Waals surface area (Å²) in [5.41, 5.74) is 4.10. The Morgan fingerprint density at radius 2 is 1.70 bits per heavy atom. The number of benzene rings is 2. The molecule has 5 heteroatoms. The number of hydrogen-bond donors (Lipinski definition) is 1. The third-order valence-corrected chi connectivity index (χ3v) is 7.13. The zero-order chi connectivity index (χ0) is 23.1. The third-order valence-electron chi connectivity index (χ3n) is 7.13. The van der Waals surface area contributed by atoms with Crippen LogP contribution in [0.25, 0.3) is 21.8 Å². The van der Waals surface area contributed by atoms with Crippen LogP contribution in [0.3, 0.4) is 0 Å². The monoisotopic (exact) mass is 441 g/mol. The summed E-state index contributed by atoms with van der Waals surface area (Å²) < 4.78 is 3.78. The van der Waals surface area contributed by atoms with Crippen LogP contribution in [0.5, 0.6) is 0 Å². The lowest BCUT2D eigenvalue weighted by Crippen LogP contribution is -2.29. The number of rotatable bonds is 4. The lowest BCUT2D eigenvalue weighted by molar-refractivity contribution is 0.102. The van der Waals surface area contributed by atoms with Crippen LogP contribution in [0.2, 0.25) is 0 Å². The van der Waals surface area contributed by atoms with Gasteiger partial charge in [0.05, 0.1) is 5.56 Å². The molecule has 1 N–H and O–H groups in total. The van der Waals surface area contributed by atoms with Crippen LogP contribution in [0.15, 0.2) is 59.5 Å². The summed E-state index contributed by atoms with van der Waals surface area (Å²) in [5, 5.41) is 4.75. The second kappa shape index (κ2) is 8.54. The topological polar surface area (TPSA) is 56.0 Å². The number of amides is 1. The van der Waals surface area contributed by atoms with Crippen LogP contribution in [0.4, 0.5) is 5.69 Å². The van der Waals surface area contributed by atoms with Crippen molar-refractivity contribution < 1.29 is 4.79 Å². The van der Waals surface area contributed by atoms with Crippen LogP contribution in [0.1, 0.15) is 73.8 Å². The van der Waals surface area contributed by atoms with E-state index >= 15 is 0 Å². The number of aromatic nitrogens is 2. The highest BCUT2D eigenvalue weighted by molar-refractivity contribution is 6.20. The number of anilines is 1. The van der Waals surface area contributed by atoms with E-state index < -0.39 is 0 Å². The number of nitrogens with one attached hydrogen (secondary N) is 1. The predicted octanol–water partition coefficient (Wildman–Crippen LogP) is 6.37. The highest BCUT2D eigenvalue weighted by Gasteiger charge is 2.25. The fourth-order valence-electron chi connectivity index (χ4n) is 5.25. The molecule has 33 heavy (non-hydrogen) atoms. The fourth-order valence-corrected chi connectivity index (χ4v) is 5.25. The highest BCUT2D eigenvalue weighted by atomic mass is 16.2. The summed E-state index contributed by atoms with van der Waals surface area (Å²) in [6.45, 7) is 4.30. The molecule has 1 saturated carbocycles. The molecule has 1 aliphatic carbocycles. The van der Waals surface area contributed by atoms with Gasteiger partial charge in [0.25, 0.3) is 11.5 Å². The van der Waals surface area contributed by atoms with Gasteiger partial charge in [0, 0.05) is 41.3 Å². The SMILES string of the molecule is CC(C)c1ccc(NC(=O)c2cn(C3CCCCC3)c(=O)c3c2c2ccccc2n3C)cc1. The molecular formula is C28H31N3O2. The zero-order valence-electron chi connectivity index (χ0n) is 19.6. The molecule has 0 unspecified atom stereocenters. The maximum absolute atomic E-state index is 13.7. The first-order valence-electron chi connectivity index (χ1n) is 12.0. The van der Waals surface area contributed by atoms with Crippen molar-refractivity contribution in [1.82, 2.24) is 9.13 Å². The number of para-hydroxylation sites is 1. The maximum Gasteiger partial charge on any atom is 0.275 e. The van der Waals surface area contributed by atoms with Gasteiger partial charge in [0.2, 0.25) is 0 Å². The maximum atomic E-state index is 13.7. The van der Waals surface area contributed by atoms with Crippen molar-refractivity contribution in [2.45, 2.75) is 57.9 Å². The Kier molecular flexibility index (Phi) is 5.57. The smallest absolute Gasteiger partial charge is 0.275 e. The van der Waals surface area contributed by atoms with Gasteiger partial charge < -0.3 is 14.5 Å². The van der Waals surface area contributed by atoms with E-state index in [4.69, 9.17) is 0 Å². The van der Waals surface area contributed by atoms with E-state index in [-0.39, 0.29) is 17.5 Å². The number of nitrogens with zero attached hydrogens (tertiary/aromatic N) is 2. The van der Waals surface area contributed by atoms with Crippen molar-refractivity contribution >= 4 is 33.4 Å². The fraction of sp³-hybridized carbons (Fsp3) is 0.357. The second-order valence-electron chi connectivity index (χ2n) is 9.58. The van der Waals surface area contributed by atoms with E-state index in [2.05, 4.69) is 31.3 Å². The molecule has 0 saturated heterocycles. The Balaban J connectivity index is 1.67. The normalized spacial score (nSPS) is 14.9. The highest BCUT2D eigenvalue weighted by Crippen LogP contribution is 2.32. The molecule has 4 aromatic rings. The Hall–Kier alpha value is -3.34. The predicted molar refractivity (Wildman–Crippen MR) is 135 cm³/mol. The van der Waals surface area contributed by atoms with Gasteiger partial charge in [0.1, 0.15) is 5.52 Å². The molecule has 1 amide bonds. The van der Waals surface area contributed by atoms with Crippen molar-refractivity contribution in [3.05, 3.63) is 76.2 Å². The van der Waals surface area contributed by atoms with Crippen molar-refractivity contribution in [1.29, 1.82) is 0 Å². The zero-order valence-corrected chi connectivity index (χ0v) is 19.6. The van der Waals surface area contributed by atoms with E-state index in [9.17, 15) is 9.59 Å². The largest absolute Gasteiger partial charge is 0.339 e. The van der Waals surface area contributed by atoms with E-state index in [1.165, 1.54) is 12.0 Å². The molecule has 0 atom stereocenters. The molecule has 2 aromatic heterocycles. The first kappa shape index (κ1) is 21.5. The summed E-state index contributed by atoms with van der Waals surface area (Å²) >= 11 is 0. The molecule has 0 bridgehead atoms. The lowest BCUT2D eigenvalue weighted by atomic mass is 9.95. The minimum Gasteiger partial charge on any atom is -0.339 e. The molecule has 1 fully saturated rings. The molecule has 0 radical (unpaired) electrons. The number of aryl methyl sites for hydroxylation is 1. The van der Waals surface area contributed by atoms with Crippen LogP contribution < -0.4 is 10.9 Å². The minimum absolute atomic E-state index is 0.00608. The lowest BCUT2D eigenvalue weighted by Gasteiger charge is -2.25. The van der Waals surface area contributed by atoms with Crippen molar-refractivity contribution in [3.8, 4) is 0 Å². The molecule has 1 aliphatic rings. The molecule has 5 nitrogen and oxygen atoms in total. The average Bonchev–Trinajstić information content (AvgIpc) is 3.13. The molecule has 2 aromatic carbocycles. The number of fused-ring (bicyclic) bond motifs is 3. The van der Waals surface area contributed by atoms with Crippen LogP contribution in [-0.2, 0) is 7.05 Å². The number of hydrogen-bond acceptors (Lipinski definition) is 2. The standard InChI is InChI=1S/C28H31N3O2/c1-18(2)19-13-15-20(16-14-19)29-27(32)23-17-31(21-9-5-4-6-10-21)28(33)26-25(23)22-11-7-8-12-24(22)30(26)3/h7-8,11-18,21H,4-6,9-10H2,1-3H3,(H,29,32). The van der Waals surface area contributed by atoms with Gasteiger partial charge >= 0.3 is 0 Å². The van der Waals surface area contributed by atoms with Crippen LogP contribution >= 0.6 is 0 Å². The average molecular weight is 442 g/mol. The van der Waals surface area contributed by atoms with Gasteiger partial charge in [-0.3, -0.25) is 9.59 Å². The summed E-state index contributed by atoms with van der Waals surface area (Å²) in [7, 11) is 1.92. The molecule has 5 rings (SSSR count). The van der Waals surface area contributed by atoms with Crippen LogP contribution in [-0.4, -0.2) is 15.0 Å². The molecule has 0 spiro atoms. The first-order chi connectivity index (χ1) is 16.0. The van der Waals surface area contributed by atoms with E-state index in [1.807, 2.05) is 58.8 Å². The Labute approximate surface area is 194 Å². The van der Waals surface area contributed by atoms with Gasteiger partial charge in [-0.05, 0) is 42.5 Å². The third kappa shape index (κ3) is 3.75. The van der Waals surface area contributed by atoms with E-state index in [0.29, 0.717) is 17.0 Å². The number of carbonyl (C=O) groups is 1. The summed E-state index contributed by atoms with van der Waals surface area (Å²) in [6.07, 6.45) is 7.22. The molecular weight excluding hydrogens is 410 g/mol. The van der Waals surface area contributed by atoms with Crippen molar-refractivity contribution in [2.75, 3.05) is 5.32 Å². The van der Waals surface area contributed by atoms with E-state index in [0.717, 1.165) is 47.7 Å².